The minimum Gasteiger partial charge on any atom is -0.354 e. The summed E-state index contributed by atoms with van der Waals surface area (Å²) in [7, 11) is 0. The van der Waals surface area contributed by atoms with Gasteiger partial charge in [0.25, 0.3) is 0 Å². The molecular weight excluding hydrogens is 210 g/mol. The van der Waals surface area contributed by atoms with E-state index >= 15 is 0 Å². The summed E-state index contributed by atoms with van der Waals surface area (Å²) in [6.45, 7) is 5.37. The van der Waals surface area contributed by atoms with Gasteiger partial charge in [0.2, 0.25) is 0 Å². The van der Waals surface area contributed by atoms with Crippen molar-refractivity contribution in [2.45, 2.75) is 51.6 Å². The molecule has 3 heteroatoms. The zero-order valence-corrected chi connectivity index (χ0v) is 10.9. The maximum atomic E-state index is 5.95. The molecule has 94 valence electrons. The second-order valence-corrected chi connectivity index (χ2v) is 4.91. The summed E-state index contributed by atoms with van der Waals surface area (Å²) in [6, 6.07) is 5.30. The highest BCUT2D eigenvalue weighted by Gasteiger charge is 2.28. The SMILES string of the molecule is CCC(N)Cc1ccc(N(CC)C2CC2)nc1. The van der Waals surface area contributed by atoms with Crippen molar-refractivity contribution in [3.8, 4) is 0 Å². The summed E-state index contributed by atoms with van der Waals surface area (Å²) in [5, 5.41) is 0. The van der Waals surface area contributed by atoms with E-state index in [0.717, 1.165) is 31.2 Å². The van der Waals surface area contributed by atoms with E-state index < -0.39 is 0 Å². The number of aromatic nitrogens is 1. The number of pyridine rings is 1. The van der Waals surface area contributed by atoms with E-state index in [1.807, 2.05) is 6.20 Å². The van der Waals surface area contributed by atoms with Crippen LogP contribution in [-0.4, -0.2) is 23.6 Å². The monoisotopic (exact) mass is 233 g/mol. The first kappa shape index (κ1) is 12.4. The fourth-order valence-electron chi connectivity index (χ4n) is 2.15. The van der Waals surface area contributed by atoms with Crippen molar-refractivity contribution in [2.75, 3.05) is 11.4 Å². The van der Waals surface area contributed by atoms with Crippen molar-refractivity contribution in [2.24, 2.45) is 5.73 Å². The highest BCUT2D eigenvalue weighted by molar-refractivity contribution is 5.42. The lowest BCUT2D eigenvalue weighted by atomic mass is 10.1. The third-order valence-electron chi connectivity index (χ3n) is 3.45. The van der Waals surface area contributed by atoms with Gasteiger partial charge in [-0.05, 0) is 44.2 Å². The summed E-state index contributed by atoms with van der Waals surface area (Å²) < 4.78 is 0. The van der Waals surface area contributed by atoms with Gasteiger partial charge in [0.05, 0.1) is 0 Å². The van der Waals surface area contributed by atoms with Gasteiger partial charge in [-0.1, -0.05) is 13.0 Å². The third kappa shape index (κ3) is 3.19. The van der Waals surface area contributed by atoms with Gasteiger partial charge in [-0.25, -0.2) is 4.98 Å². The Morgan fingerprint density at radius 1 is 1.41 bits per heavy atom. The molecule has 0 aliphatic heterocycles. The molecular formula is C14H23N3. The van der Waals surface area contributed by atoms with Gasteiger partial charge in [0.15, 0.2) is 0 Å². The van der Waals surface area contributed by atoms with Crippen LogP contribution in [0.2, 0.25) is 0 Å². The van der Waals surface area contributed by atoms with Crippen LogP contribution >= 0.6 is 0 Å². The van der Waals surface area contributed by atoms with Gasteiger partial charge in [0.1, 0.15) is 5.82 Å². The molecule has 1 fully saturated rings. The Bertz CT molecular complexity index is 343. The molecule has 0 saturated heterocycles. The first-order chi connectivity index (χ1) is 8.24. The Hall–Kier alpha value is -1.09. The Morgan fingerprint density at radius 3 is 2.65 bits per heavy atom. The quantitative estimate of drug-likeness (QED) is 0.820. The number of nitrogens with two attached hydrogens (primary N) is 1. The largest absolute Gasteiger partial charge is 0.354 e. The van der Waals surface area contributed by atoms with Crippen molar-refractivity contribution in [3.63, 3.8) is 0 Å². The second kappa shape index (κ2) is 5.50. The average molecular weight is 233 g/mol. The van der Waals surface area contributed by atoms with Gasteiger partial charge >= 0.3 is 0 Å². The summed E-state index contributed by atoms with van der Waals surface area (Å²) in [5.74, 6) is 1.11. The van der Waals surface area contributed by atoms with E-state index in [1.54, 1.807) is 0 Å². The first-order valence-electron chi connectivity index (χ1n) is 6.71. The lowest BCUT2D eigenvalue weighted by molar-refractivity contribution is 0.645. The molecule has 1 aliphatic carbocycles. The summed E-state index contributed by atoms with van der Waals surface area (Å²) >= 11 is 0. The maximum Gasteiger partial charge on any atom is 0.128 e. The minimum atomic E-state index is 0.258. The molecule has 1 saturated carbocycles. The van der Waals surface area contributed by atoms with E-state index in [2.05, 4.69) is 35.9 Å². The molecule has 3 nitrogen and oxygen atoms in total. The highest BCUT2D eigenvalue weighted by atomic mass is 15.2. The van der Waals surface area contributed by atoms with Crippen molar-refractivity contribution >= 4 is 5.82 Å². The molecule has 1 aliphatic rings. The van der Waals surface area contributed by atoms with E-state index in [1.165, 1.54) is 18.4 Å². The van der Waals surface area contributed by atoms with Crippen LogP contribution in [0.15, 0.2) is 18.3 Å². The van der Waals surface area contributed by atoms with Crippen LogP contribution < -0.4 is 10.6 Å². The van der Waals surface area contributed by atoms with Gasteiger partial charge in [-0.2, -0.15) is 0 Å². The summed E-state index contributed by atoms with van der Waals surface area (Å²) in [6.07, 6.45) is 6.57. The van der Waals surface area contributed by atoms with Crippen LogP contribution in [0, 0.1) is 0 Å². The van der Waals surface area contributed by atoms with Gasteiger partial charge in [-0.15, -0.1) is 0 Å². The Balaban J connectivity index is 2.01. The van der Waals surface area contributed by atoms with Crippen LogP contribution in [0.25, 0.3) is 0 Å². The Kier molecular flexibility index (Phi) is 4.00. The Labute approximate surface area is 104 Å². The topological polar surface area (TPSA) is 42.1 Å². The molecule has 0 bridgehead atoms. The van der Waals surface area contributed by atoms with Gasteiger partial charge < -0.3 is 10.6 Å². The number of hydrogen-bond acceptors (Lipinski definition) is 3. The van der Waals surface area contributed by atoms with Crippen LogP contribution in [0.4, 0.5) is 5.82 Å². The zero-order chi connectivity index (χ0) is 12.3. The first-order valence-corrected chi connectivity index (χ1v) is 6.71. The average Bonchev–Trinajstić information content (AvgIpc) is 3.16. The fraction of sp³-hybridized carbons (Fsp3) is 0.643. The van der Waals surface area contributed by atoms with E-state index in [-0.39, 0.29) is 6.04 Å². The molecule has 0 spiro atoms. The fourth-order valence-corrected chi connectivity index (χ4v) is 2.15. The lowest BCUT2D eigenvalue weighted by Gasteiger charge is -2.21. The van der Waals surface area contributed by atoms with Crippen molar-refractivity contribution in [1.29, 1.82) is 0 Å². The molecule has 0 radical (unpaired) electrons. The number of hydrogen-bond donors (Lipinski definition) is 1. The number of nitrogens with zero attached hydrogens (tertiary/aromatic N) is 2. The molecule has 1 heterocycles. The molecule has 17 heavy (non-hydrogen) atoms. The summed E-state index contributed by atoms with van der Waals surface area (Å²) in [5.41, 5.74) is 7.19. The number of rotatable bonds is 6. The molecule has 1 aromatic heterocycles. The van der Waals surface area contributed by atoms with E-state index in [0.29, 0.717) is 0 Å². The highest BCUT2D eigenvalue weighted by Crippen LogP contribution is 2.30. The predicted molar refractivity (Wildman–Crippen MR) is 72.2 cm³/mol. The second-order valence-electron chi connectivity index (χ2n) is 4.91. The maximum absolute atomic E-state index is 5.95. The minimum absolute atomic E-state index is 0.258. The van der Waals surface area contributed by atoms with E-state index in [4.69, 9.17) is 5.73 Å². The third-order valence-corrected chi connectivity index (χ3v) is 3.45. The van der Waals surface area contributed by atoms with Crippen LogP contribution in [0.3, 0.4) is 0 Å². The molecule has 1 atom stereocenters. The smallest absolute Gasteiger partial charge is 0.128 e. The van der Waals surface area contributed by atoms with Crippen LogP contribution in [0.1, 0.15) is 38.7 Å². The standard InChI is InChI=1S/C14H23N3/c1-3-12(15)9-11-5-8-14(16-10-11)17(4-2)13-6-7-13/h5,8,10,12-13H,3-4,6-7,9,15H2,1-2H3. The van der Waals surface area contributed by atoms with Crippen molar-refractivity contribution < 1.29 is 0 Å². The number of anilines is 1. The lowest BCUT2D eigenvalue weighted by Crippen LogP contribution is -2.26. The van der Waals surface area contributed by atoms with Crippen LogP contribution in [0.5, 0.6) is 0 Å². The summed E-state index contributed by atoms with van der Waals surface area (Å²) in [4.78, 5) is 6.96. The van der Waals surface area contributed by atoms with Gasteiger partial charge in [0, 0.05) is 24.8 Å². The van der Waals surface area contributed by atoms with Crippen molar-refractivity contribution in [1.82, 2.24) is 4.98 Å². The van der Waals surface area contributed by atoms with Crippen LogP contribution in [-0.2, 0) is 6.42 Å². The molecule has 0 aromatic carbocycles. The molecule has 1 unspecified atom stereocenters. The zero-order valence-electron chi connectivity index (χ0n) is 10.9. The molecule has 2 rings (SSSR count). The molecule has 2 N–H and O–H groups in total. The normalized spacial score (nSPS) is 16.9. The Morgan fingerprint density at radius 2 is 2.18 bits per heavy atom. The molecule has 1 aromatic rings. The predicted octanol–water partition coefficient (Wildman–Crippen LogP) is 2.35. The van der Waals surface area contributed by atoms with Gasteiger partial charge in [-0.3, -0.25) is 0 Å². The van der Waals surface area contributed by atoms with E-state index in [9.17, 15) is 0 Å². The van der Waals surface area contributed by atoms with Crippen molar-refractivity contribution in [3.05, 3.63) is 23.9 Å². The molecule has 0 amide bonds.